The molecule has 100 valence electrons. The molecule has 2 aromatic rings. The lowest BCUT2D eigenvalue weighted by Gasteiger charge is -2.27. The van der Waals surface area contributed by atoms with Crippen LogP contribution in [0.15, 0.2) is 40.2 Å². The van der Waals surface area contributed by atoms with Crippen LogP contribution in [0.3, 0.4) is 0 Å². The van der Waals surface area contributed by atoms with E-state index in [9.17, 15) is 5.11 Å². The van der Waals surface area contributed by atoms with Crippen LogP contribution in [0.2, 0.25) is 0 Å². The molecule has 0 spiro atoms. The van der Waals surface area contributed by atoms with Crippen LogP contribution in [0.25, 0.3) is 0 Å². The van der Waals surface area contributed by atoms with Crippen molar-refractivity contribution in [2.45, 2.75) is 37.7 Å². The van der Waals surface area contributed by atoms with Gasteiger partial charge in [0.1, 0.15) is 0 Å². The Bertz CT molecular complexity index is 563. The van der Waals surface area contributed by atoms with Crippen molar-refractivity contribution in [3.63, 3.8) is 0 Å². The molecule has 1 aromatic heterocycles. The fraction of sp³-hybridized carbons (Fsp3) is 0.375. The number of thiophene rings is 1. The summed E-state index contributed by atoms with van der Waals surface area (Å²) < 4.78 is 1.07. The van der Waals surface area contributed by atoms with Crippen molar-refractivity contribution in [2.24, 2.45) is 0 Å². The molecule has 0 bridgehead atoms. The Kier molecular flexibility index (Phi) is 4.06. The normalized spacial score (nSPS) is 20.0. The minimum atomic E-state index is -0.340. The maximum Gasteiger partial charge on any atom is 0.0888 e. The fourth-order valence-corrected chi connectivity index (χ4v) is 4.43. The number of hydrogen-bond donors (Lipinski definition) is 1. The van der Waals surface area contributed by atoms with Gasteiger partial charge in [0.2, 0.25) is 0 Å². The minimum Gasteiger partial charge on any atom is -0.388 e. The van der Waals surface area contributed by atoms with E-state index in [1.165, 1.54) is 30.4 Å². The van der Waals surface area contributed by atoms with Gasteiger partial charge in [0.25, 0.3) is 0 Å². The molecule has 19 heavy (non-hydrogen) atoms. The largest absolute Gasteiger partial charge is 0.388 e. The average Bonchev–Trinajstić information content (AvgIpc) is 2.86. The molecule has 1 aliphatic rings. The van der Waals surface area contributed by atoms with E-state index in [0.717, 1.165) is 15.8 Å². The van der Waals surface area contributed by atoms with Gasteiger partial charge in [-0.2, -0.15) is 0 Å². The second kappa shape index (κ2) is 5.78. The van der Waals surface area contributed by atoms with Gasteiger partial charge in [0.15, 0.2) is 0 Å². The van der Waals surface area contributed by atoms with Crippen molar-refractivity contribution >= 4 is 27.3 Å². The summed E-state index contributed by atoms with van der Waals surface area (Å²) in [6.07, 6.45) is 4.12. The summed E-state index contributed by atoms with van der Waals surface area (Å²) in [5, 5.41) is 12.4. The number of rotatable bonds is 3. The Morgan fingerprint density at radius 3 is 3.00 bits per heavy atom. The number of aryl methyl sites for hydroxylation is 1. The third kappa shape index (κ3) is 2.93. The van der Waals surface area contributed by atoms with Crippen molar-refractivity contribution in [1.29, 1.82) is 0 Å². The Balaban J connectivity index is 1.77. The molecule has 3 rings (SSSR count). The molecule has 0 radical (unpaired) electrons. The monoisotopic (exact) mass is 336 g/mol. The summed E-state index contributed by atoms with van der Waals surface area (Å²) in [6.45, 7) is 0. The second-order valence-corrected chi connectivity index (χ2v) is 7.07. The second-order valence-electron chi connectivity index (χ2n) is 5.21. The summed E-state index contributed by atoms with van der Waals surface area (Å²) in [4.78, 5) is 1.06. The highest BCUT2D eigenvalue weighted by Crippen LogP contribution is 2.39. The Morgan fingerprint density at radius 2 is 2.21 bits per heavy atom. The summed E-state index contributed by atoms with van der Waals surface area (Å²) in [5.41, 5.74) is 2.92. The van der Waals surface area contributed by atoms with Gasteiger partial charge in [-0.1, -0.05) is 24.3 Å². The molecule has 0 aliphatic heterocycles. The molecule has 2 atom stereocenters. The quantitative estimate of drug-likeness (QED) is 0.830. The molecular formula is C16H17BrOS. The third-order valence-corrected chi connectivity index (χ3v) is 5.71. The number of aliphatic hydroxyl groups is 1. The van der Waals surface area contributed by atoms with Crippen LogP contribution in [-0.4, -0.2) is 5.11 Å². The van der Waals surface area contributed by atoms with E-state index in [4.69, 9.17) is 0 Å². The number of halogens is 1. The molecule has 1 heterocycles. The zero-order chi connectivity index (χ0) is 13.2. The van der Waals surface area contributed by atoms with Crippen molar-refractivity contribution < 1.29 is 5.11 Å². The van der Waals surface area contributed by atoms with Gasteiger partial charge in [-0.15, -0.1) is 11.3 Å². The first-order chi connectivity index (χ1) is 9.24. The highest BCUT2D eigenvalue weighted by Gasteiger charge is 2.23. The molecule has 3 heteroatoms. The number of hydrogen-bond acceptors (Lipinski definition) is 2. The van der Waals surface area contributed by atoms with Crippen LogP contribution in [0.1, 0.15) is 47.3 Å². The highest BCUT2D eigenvalue weighted by molar-refractivity contribution is 9.10. The van der Waals surface area contributed by atoms with Crippen molar-refractivity contribution in [1.82, 2.24) is 0 Å². The molecule has 1 aromatic carbocycles. The van der Waals surface area contributed by atoms with E-state index >= 15 is 0 Å². The van der Waals surface area contributed by atoms with Crippen molar-refractivity contribution in [3.8, 4) is 0 Å². The van der Waals surface area contributed by atoms with E-state index in [1.54, 1.807) is 11.3 Å². The van der Waals surface area contributed by atoms with Crippen LogP contribution in [0.5, 0.6) is 0 Å². The van der Waals surface area contributed by atoms with E-state index in [1.807, 2.05) is 11.4 Å². The number of benzene rings is 1. The van der Waals surface area contributed by atoms with Crippen LogP contribution >= 0.6 is 27.3 Å². The van der Waals surface area contributed by atoms with Gasteiger partial charge < -0.3 is 5.11 Å². The summed E-state index contributed by atoms with van der Waals surface area (Å²) in [7, 11) is 0. The van der Waals surface area contributed by atoms with Crippen LogP contribution in [0, 0.1) is 0 Å². The van der Waals surface area contributed by atoms with Crippen LogP contribution < -0.4 is 0 Å². The first-order valence-electron chi connectivity index (χ1n) is 6.74. The molecule has 0 fully saturated rings. The van der Waals surface area contributed by atoms with Crippen molar-refractivity contribution in [2.75, 3.05) is 0 Å². The average molecular weight is 337 g/mol. The van der Waals surface area contributed by atoms with E-state index in [0.29, 0.717) is 5.92 Å². The van der Waals surface area contributed by atoms with E-state index in [2.05, 4.69) is 40.2 Å². The smallest absolute Gasteiger partial charge is 0.0888 e. The minimum absolute atomic E-state index is 0.340. The molecule has 1 nitrogen and oxygen atoms in total. The lowest BCUT2D eigenvalue weighted by Crippen LogP contribution is -2.12. The van der Waals surface area contributed by atoms with Crippen molar-refractivity contribution in [3.05, 3.63) is 56.2 Å². The molecule has 0 saturated heterocycles. The molecule has 0 amide bonds. The van der Waals surface area contributed by atoms with Crippen LogP contribution in [-0.2, 0) is 6.42 Å². The molecular weight excluding hydrogens is 320 g/mol. The Hall–Kier alpha value is -0.640. The van der Waals surface area contributed by atoms with Gasteiger partial charge in [-0.05, 0) is 64.7 Å². The molecule has 1 N–H and O–H groups in total. The third-order valence-electron chi connectivity index (χ3n) is 3.92. The van der Waals surface area contributed by atoms with Gasteiger partial charge in [0, 0.05) is 14.7 Å². The summed E-state index contributed by atoms with van der Waals surface area (Å²) in [5.74, 6) is 0.501. The van der Waals surface area contributed by atoms with Gasteiger partial charge in [0.05, 0.1) is 6.10 Å². The topological polar surface area (TPSA) is 20.2 Å². The predicted octanol–water partition coefficient (Wildman–Crippen LogP) is 5.05. The zero-order valence-electron chi connectivity index (χ0n) is 10.7. The molecule has 0 saturated carbocycles. The first-order valence-corrected chi connectivity index (χ1v) is 8.41. The first kappa shape index (κ1) is 13.3. The van der Waals surface area contributed by atoms with Gasteiger partial charge >= 0.3 is 0 Å². The zero-order valence-corrected chi connectivity index (χ0v) is 13.1. The maximum atomic E-state index is 10.4. The lowest BCUT2D eigenvalue weighted by molar-refractivity contribution is 0.157. The Labute approximate surface area is 126 Å². The highest BCUT2D eigenvalue weighted by atomic mass is 79.9. The van der Waals surface area contributed by atoms with Gasteiger partial charge in [-0.3, -0.25) is 0 Å². The molecule has 2 unspecified atom stereocenters. The van der Waals surface area contributed by atoms with Gasteiger partial charge in [-0.25, -0.2) is 0 Å². The maximum absolute atomic E-state index is 10.4. The lowest BCUT2D eigenvalue weighted by atomic mass is 9.80. The number of aliphatic hydroxyl groups excluding tert-OH is 1. The Morgan fingerprint density at radius 1 is 1.37 bits per heavy atom. The predicted molar refractivity (Wildman–Crippen MR) is 83.7 cm³/mol. The SMILES string of the molecule is OC(CC1CCCc2ccccc21)c1cc(Br)cs1. The standard InChI is InChI=1S/C16H17BrOS/c17-13-9-16(19-10-13)15(18)8-12-6-3-5-11-4-1-2-7-14(11)12/h1-2,4,7,9-10,12,15,18H,3,5-6,8H2. The fourth-order valence-electron chi connectivity index (χ4n) is 2.99. The molecule has 1 aliphatic carbocycles. The summed E-state index contributed by atoms with van der Waals surface area (Å²) >= 11 is 5.08. The summed E-state index contributed by atoms with van der Waals surface area (Å²) in [6, 6.07) is 10.7. The van der Waals surface area contributed by atoms with Crippen LogP contribution in [0.4, 0.5) is 0 Å². The van der Waals surface area contributed by atoms with E-state index in [-0.39, 0.29) is 6.10 Å². The van der Waals surface area contributed by atoms with E-state index < -0.39 is 0 Å². The number of fused-ring (bicyclic) bond motifs is 1.